The first-order valence-electron chi connectivity index (χ1n) is 4.94. The molecule has 0 aliphatic heterocycles. The van der Waals surface area contributed by atoms with E-state index in [2.05, 4.69) is 14.9 Å². The quantitative estimate of drug-likeness (QED) is 0.588. The van der Waals surface area contributed by atoms with E-state index >= 15 is 0 Å². The van der Waals surface area contributed by atoms with Gasteiger partial charge >= 0.3 is 5.97 Å². The van der Waals surface area contributed by atoms with Crippen LogP contribution in [0.3, 0.4) is 0 Å². The Hall–Kier alpha value is -1.08. The fraction of sp³-hybridized carbons (Fsp3) is 0.667. The highest BCUT2D eigenvalue weighted by Gasteiger charge is 2.19. The van der Waals surface area contributed by atoms with Crippen molar-refractivity contribution in [1.82, 2.24) is 14.8 Å². The number of methoxy groups -OCH3 is 1. The molecule has 0 saturated heterocycles. The highest BCUT2D eigenvalue weighted by atomic mass is 32.2. The summed E-state index contributed by atoms with van der Waals surface area (Å²) in [6.07, 6.45) is 0. The van der Waals surface area contributed by atoms with Gasteiger partial charge in [0.05, 0.1) is 7.11 Å². The molecule has 0 bridgehead atoms. The number of carbonyl (C=O) groups is 1. The Balaban J connectivity index is 2.76. The number of carbonyl (C=O) groups excluding carboxylic acids is 1. The van der Waals surface area contributed by atoms with Crippen LogP contribution in [-0.2, 0) is 16.1 Å². The Morgan fingerprint density at radius 1 is 1.62 bits per heavy atom. The number of nitrogens with two attached hydrogens (primary N) is 1. The second-order valence-electron chi connectivity index (χ2n) is 3.25. The molecule has 0 amide bonds. The summed E-state index contributed by atoms with van der Waals surface area (Å²) in [5, 5.41) is 8.36. The Labute approximate surface area is 98.6 Å². The van der Waals surface area contributed by atoms with Crippen molar-refractivity contribution in [3.8, 4) is 0 Å². The molecule has 1 aromatic rings. The van der Waals surface area contributed by atoms with Crippen LogP contribution in [0.15, 0.2) is 5.16 Å². The Morgan fingerprint density at radius 3 is 2.88 bits per heavy atom. The summed E-state index contributed by atoms with van der Waals surface area (Å²) in [6.45, 7) is 4.79. The largest absolute Gasteiger partial charge is 0.468 e. The van der Waals surface area contributed by atoms with Crippen molar-refractivity contribution in [2.45, 2.75) is 30.8 Å². The normalized spacial score (nSPS) is 12.5. The van der Waals surface area contributed by atoms with E-state index < -0.39 is 0 Å². The molecular weight excluding hydrogens is 228 g/mol. The smallest absolute Gasteiger partial charge is 0.318 e. The summed E-state index contributed by atoms with van der Waals surface area (Å²) in [5.41, 5.74) is 5.50. The lowest BCUT2D eigenvalue weighted by Gasteiger charge is -2.10. The molecule has 90 valence electrons. The highest BCUT2D eigenvalue weighted by Crippen LogP contribution is 2.22. The van der Waals surface area contributed by atoms with Crippen LogP contribution in [0.4, 0.5) is 0 Å². The van der Waals surface area contributed by atoms with Gasteiger partial charge in [0.2, 0.25) is 0 Å². The van der Waals surface area contributed by atoms with Gasteiger partial charge < -0.3 is 15.0 Å². The lowest BCUT2D eigenvalue weighted by Crippen LogP contribution is -2.17. The SMILES string of the molecule is COC(=O)C(C)Sc1nnc(C)n1CCN. The first-order valence-corrected chi connectivity index (χ1v) is 5.82. The van der Waals surface area contributed by atoms with E-state index in [9.17, 15) is 4.79 Å². The monoisotopic (exact) mass is 244 g/mol. The van der Waals surface area contributed by atoms with Crippen LogP contribution in [0.25, 0.3) is 0 Å². The van der Waals surface area contributed by atoms with Crippen LogP contribution >= 0.6 is 11.8 Å². The minimum absolute atomic E-state index is 0.273. The summed E-state index contributed by atoms with van der Waals surface area (Å²) in [7, 11) is 1.37. The maximum atomic E-state index is 11.3. The summed E-state index contributed by atoms with van der Waals surface area (Å²) >= 11 is 1.32. The summed E-state index contributed by atoms with van der Waals surface area (Å²) in [5.74, 6) is 0.523. The van der Waals surface area contributed by atoms with Crippen LogP contribution in [0.1, 0.15) is 12.7 Å². The number of rotatable bonds is 5. The summed E-state index contributed by atoms with van der Waals surface area (Å²) < 4.78 is 6.54. The molecule has 0 fully saturated rings. The van der Waals surface area contributed by atoms with Gasteiger partial charge in [-0.15, -0.1) is 10.2 Å². The Morgan fingerprint density at radius 2 is 2.31 bits per heavy atom. The first kappa shape index (κ1) is 13.0. The molecule has 0 aromatic carbocycles. The second kappa shape index (κ2) is 5.86. The molecule has 0 saturated carbocycles. The Bertz CT molecular complexity index is 366. The molecule has 16 heavy (non-hydrogen) atoms. The molecule has 1 unspecified atom stereocenters. The van der Waals surface area contributed by atoms with Gasteiger partial charge in [-0.3, -0.25) is 4.79 Å². The van der Waals surface area contributed by atoms with E-state index in [1.807, 2.05) is 11.5 Å². The van der Waals surface area contributed by atoms with E-state index in [1.165, 1.54) is 18.9 Å². The molecular formula is C9H16N4O2S. The molecule has 0 radical (unpaired) electrons. The third-order valence-electron chi connectivity index (χ3n) is 2.07. The molecule has 1 heterocycles. The zero-order chi connectivity index (χ0) is 12.1. The highest BCUT2D eigenvalue weighted by molar-refractivity contribution is 8.00. The van der Waals surface area contributed by atoms with Crippen LogP contribution in [0.5, 0.6) is 0 Å². The maximum Gasteiger partial charge on any atom is 0.318 e. The molecule has 0 aliphatic carbocycles. The lowest BCUT2D eigenvalue weighted by atomic mass is 10.5. The second-order valence-corrected chi connectivity index (χ2v) is 4.56. The standard InChI is InChI=1S/C9H16N4O2S/c1-6(8(14)15-3)16-9-12-11-7(2)13(9)5-4-10/h6H,4-5,10H2,1-3H3. The van der Waals surface area contributed by atoms with Crippen LogP contribution in [0.2, 0.25) is 0 Å². The van der Waals surface area contributed by atoms with Gasteiger partial charge in [-0.1, -0.05) is 11.8 Å². The number of esters is 1. The molecule has 1 atom stereocenters. The van der Waals surface area contributed by atoms with Crippen molar-refractivity contribution >= 4 is 17.7 Å². The van der Waals surface area contributed by atoms with Crippen molar-refractivity contribution < 1.29 is 9.53 Å². The molecule has 6 nitrogen and oxygen atoms in total. The van der Waals surface area contributed by atoms with E-state index in [0.29, 0.717) is 18.2 Å². The number of hydrogen-bond donors (Lipinski definition) is 1. The topological polar surface area (TPSA) is 83.0 Å². The van der Waals surface area contributed by atoms with Crippen molar-refractivity contribution in [2.24, 2.45) is 5.73 Å². The molecule has 0 spiro atoms. The maximum absolute atomic E-state index is 11.3. The van der Waals surface area contributed by atoms with Gasteiger partial charge in [-0.05, 0) is 13.8 Å². The number of thioether (sulfide) groups is 1. The van der Waals surface area contributed by atoms with Gasteiger partial charge in [-0.25, -0.2) is 0 Å². The van der Waals surface area contributed by atoms with Gasteiger partial charge in [-0.2, -0.15) is 0 Å². The van der Waals surface area contributed by atoms with Crippen LogP contribution in [0, 0.1) is 6.92 Å². The molecule has 2 N–H and O–H groups in total. The van der Waals surface area contributed by atoms with E-state index in [0.717, 1.165) is 5.82 Å². The average molecular weight is 244 g/mol. The number of hydrogen-bond acceptors (Lipinski definition) is 6. The molecule has 1 rings (SSSR count). The van der Waals surface area contributed by atoms with Crippen LogP contribution in [-0.4, -0.2) is 39.6 Å². The van der Waals surface area contributed by atoms with Crippen molar-refractivity contribution in [2.75, 3.05) is 13.7 Å². The summed E-state index contributed by atoms with van der Waals surface area (Å²) in [6, 6.07) is 0. The summed E-state index contributed by atoms with van der Waals surface area (Å²) in [4.78, 5) is 11.3. The van der Waals surface area contributed by atoms with Gasteiger partial charge in [0.15, 0.2) is 5.16 Å². The van der Waals surface area contributed by atoms with Crippen molar-refractivity contribution in [1.29, 1.82) is 0 Å². The molecule has 1 aromatic heterocycles. The van der Waals surface area contributed by atoms with Crippen molar-refractivity contribution in [3.05, 3.63) is 5.82 Å². The number of aryl methyl sites for hydroxylation is 1. The van der Waals surface area contributed by atoms with E-state index in [4.69, 9.17) is 5.73 Å². The van der Waals surface area contributed by atoms with Crippen LogP contribution < -0.4 is 5.73 Å². The fourth-order valence-electron chi connectivity index (χ4n) is 1.21. The van der Waals surface area contributed by atoms with Gasteiger partial charge in [0.1, 0.15) is 11.1 Å². The van der Waals surface area contributed by atoms with Gasteiger partial charge in [0, 0.05) is 13.1 Å². The average Bonchev–Trinajstić information content (AvgIpc) is 2.61. The number of nitrogens with zero attached hydrogens (tertiary/aromatic N) is 3. The first-order chi connectivity index (χ1) is 7.60. The minimum Gasteiger partial charge on any atom is -0.468 e. The lowest BCUT2D eigenvalue weighted by molar-refractivity contribution is -0.139. The van der Waals surface area contributed by atoms with E-state index in [-0.39, 0.29) is 11.2 Å². The third-order valence-corrected chi connectivity index (χ3v) is 3.13. The predicted molar refractivity (Wildman–Crippen MR) is 61.1 cm³/mol. The van der Waals surface area contributed by atoms with E-state index in [1.54, 1.807) is 6.92 Å². The van der Waals surface area contributed by atoms with Gasteiger partial charge in [0.25, 0.3) is 0 Å². The predicted octanol–water partition coefficient (Wildman–Crippen LogP) is 0.199. The minimum atomic E-state index is -0.301. The zero-order valence-electron chi connectivity index (χ0n) is 9.64. The number of aromatic nitrogens is 3. The zero-order valence-corrected chi connectivity index (χ0v) is 10.5. The molecule has 0 aliphatic rings. The Kier molecular flexibility index (Phi) is 4.75. The van der Waals surface area contributed by atoms with Crippen molar-refractivity contribution in [3.63, 3.8) is 0 Å². The fourth-order valence-corrected chi connectivity index (χ4v) is 2.15. The number of ether oxygens (including phenoxy) is 1. The third kappa shape index (κ3) is 2.96. The molecule has 7 heteroatoms.